The second kappa shape index (κ2) is 12.7. The van der Waals surface area contributed by atoms with Gasteiger partial charge in [0.25, 0.3) is 0 Å². The van der Waals surface area contributed by atoms with E-state index in [9.17, 15) is 14.7 Å². The van der Waals surface area contributed by atoms with Gasteiger partial charge < -0.3 is 25.8 Å². The van der Waals surface area contributed by atoms with E-state index >= 15 is 0 Å². The monoisotopic (exact) mass is 563 g/mol. The van der Waals surface area contributed by atoms with Gasteiger partial charge in [0, 0.05) is 25.1 Å². The van der Waals surface area contributed by atoms with Crippen molar-refractivity contribution in [1.29, 1.82) is 10.8 Å². The number of aliphatic hydroxyl groups is 1. The maximum Gasteiger partial charge on any atom is 0.343 e. The number of aliphatic hydroxyl groups excluding tert-OH is 1. The van der Waals surface area contributed by atoms with Gasteiger partial charge in [-0.15, -0.1) is 0 Å². The van der Waals surface area contributed by atoms with Crippen molar-refractivity contribution < 1.29 is 19.4 Å². The van der Waals surface area contributed by atoms with E-state index in [0.29, 0.717) is 31.7 Å². The molecule has 1 aromatic carbocycles. The number of hydrogen-bond donors (Lipinski definition) is 5. The number of pyridine rings is 1. The summed E-state index contributed by atoms with van der Waals surface area (Å²) in [6.07, 6.45) is 4.17. The summed E-state index contributed by atoms with van der Waals surface area (Å²) in [6, 6.07) is 10.2. The van der Waals surface area contributed by atoms with Gasteiger partial charge in [-0.2, -0.15) is 4.99 Å². The number of carbonyl (C=O) groups is 2. The molecule has 1 aromatic heterocycles. The fourth-order valence-corrected chi connectivity index (χ4v) is 5.17. The van der Waals surface area contributed by atoms with Gasteiger partial charge in [0.1, 0.15) is 29.0 Å². The standard InChI is InChI=1S/C30H41N7O4/c1-30(2,3)25(39)16-26(31)35-29(40)34-23-9-10-24(22-7-5-4-6-21(22)23)41-20-8-11-27(32)37(17-20)28(33)36-14-12-19(18-38)13-15-36/h4-8,11,17,19,23-24,32-33,38H,9-10,12-16,18H2,1-3H3,(H3,31,34,35,40). The zero-order valence-corrected chi connectivity index (χ0v) is 24.0. The molecule has 1 saturated heterocycles. The first-order valence-corrected chi connectivity index (χ1v) is 14.1. The highest BCUT2D eigenvalue weighted by Crippen LogP contribution is 2.38. The van der Waals surface area contributed by atoms with Gasteiger partial charge in [0.05, 0.1) is 18.7 Å². The van der Waals surface area contributed by atoms with Crippen molar-refractivity contribution >= 4 is 23.6 Å². The Morgan fingerprint density at radius 2 is 1.78 bits per heavy atom. The van der Waals surface area contributed by atoms with Crippen LogP contribution in [0.1, 0.15) is 76.1 Å². The van der Waals surface area contributed by atoms with Crippen LogP contribution >= 0.6 is 0 Å². The van der Waals surface area contributed by atoms with Gasteiger partial charge >= 0.3 is 6.03 Å². The number of rotatable bonds is 6. The molecule has 0 radical (unpaired) electrons. The second-order valence-electron chi connectivity index (χ2n) is 11.8. The number of nitrogens with two attached hydrogens (primary N) is 1. The molecule has 2 amide bonds. The Kier molecular flexibility index (Phi) is 9.27. The summed E-state index contributed by atoms with van der Waals surface area (Å²) in [4.78, 5) is 30.7. The molecule has 1 fully saturated rings. The highest BCUT2D eigenvalue weighted by Gasteiger charge is 2.30. The third kappa shape index (κ3) is 7.40. The average Bonchev–Trinajstić information content (AvgIpc) is 2.94. The summed E-state index contributed by atoms with van der Waals surface area (Å²) < 4.78 is 7.91. The molecule has 1 aliphatic heterocycles. The Labute approximate surface area is 240 Å². The van der Waals surface area contributed by atoms with Crippen molar-refractivity contribution in [3.63, 3.8) is 0 Å². The minimum absolute atomic E-state index is 0.0118. The molecule has 11 heteroatoms. The maximum absolute atomic E-state index is 12.7. The lowest BCUT2D eigenvalue weighted by molar-refractivity contribution is -0.125. The Morgan fingerprint density at radius 1 is 1.10 bits per heavy atom. The van der Waals surface area contributed by atoms with Crippen LogP contribution < -0.4 is 21.3 Å². The first-order valence-electron chi connectivity index (χ1n) is 14.1. The molecule has 2 unspecified atom stereocenters. The van der Waals surface area contributed by atoms with E-state index in [-0.39, 0.29) is 54.2 Å². The molecule has 2 aromatic rings. The number of ether oxygens (including phenoxy) is 1. The lowest BCUT2D eigenvalue weighted by Crippen LogP contribution is -2.44. The summed E-state index contributed by atoms with van der Waals surface area (Å²) in [5.41, 5.74) is 7.36. The van der Waals surface area contributed by atoms with Crippen LogP contribution in [0.15, 0.2) is 47.6 Å². The lowest BCUT2D eigenvalue weighted by Gasteiger charge is -2.34. The number of aliphatic imine (C=N–C) groups is 1. The highest BCUT2D eigenvalue weighted by atomic mass is 16.5. The van der Waals surface area contributed by atoms with E-state index in [4.69, 9.17) is 21.3 Å². The predicted molar refractivity (Wildman–Crippen MR) is 156 cm³/mol. The van der Waals surface area contributed by atoms with Crippen LogP contribution in [0.25, 0.3) is 0 Å². The second-order valence-corrected chi connectivity index (χ2v) is 11.8. The Bertz CT molecular complexity index is 1370. The predicted octanol–water partition coefficient (Wildman–Crippen LogP) is 3.48. The Hall–Kier alpha value is -3.99. The van der Waals surface area contributed by atoms with Crippen LogP contribution in [0, 0.1) is 22.2 Å². The lowest BCUT2D eigenvalue weighted by atomic mass is 9.85. The quantitative estimate of drug-likeness (QED) is 0.266. The number of fused-ring (bicyclic) bond motifs is 1. The van der Waals surface area contributed by atoms with Gasteiger partial charge in [-0.3, -0.25) is 20.2 Å². The number of Topliss-reactive ketones (excluding diaryl/α,β-unsaturated/α-hetero) is 1. The topological polar surface area (TPSA) is 170 Å². The molecular formula is C30H41N7O4. The number of aromatic nitrogens is 1. The molecule has 2 aliphatic rings. The van der Waals surface area contributed by atoms with Crippen molar-refractivity contribution in [3.05, 3.63) is 59.2 Å². The number of ketones is 1. The first kappa shape index (κ1) is 30.0. The third-order valence-electron chi connectivity index (χ3n) is 7.76. The number of piperidine rings is 1. The van der Waals surface area contributed by atoms with E-state index in [2.05, 4.69) is 10.3 Å². The molecule has 6 N–H and O–H groups in total. The highest BCUT2D eigenvalue weighted by molar-refractivity contribution is 6.05. The number of carbonyl (C=O) groups excluding carboxylic acids is 2. The summed E-state index contributed by atoms with van der Waals surface area (Å²) >= 11 is 0. The molecule has 2 atom stereocenters. The van der Waals surface area contributed by atoms with Gasteiger partial charge in [-0.05, 0) is 54.9 Å². The largest absolute Gasteiger partial charge is 0.484 e. The molecule has 0 spiro atoms. The molecule has 2 heterocycles. The Morgan fingerprint density at radius 3 is 2.44 bits per heavy atom. The number of urea groups is 1. The van der Waals surface area contributed by atoms with Gasteiger partial charge in [-0.1, -0.05) is 45.0 Å². The van der Waals surface area contributed by atoms with Crippen LogP contribution in [-0.2, 0) is 4.79 Å². The molecule has 4 rings (SSSR count). The molecule has 1 aliphatic carbocycles. The number of hydrogen-bond acceptors (Lipinski definition) is 6. The van der Waals surface area contributed by atoms with E-state index in [1.54, 1.807) is 39.1 Å². The van der Waals surface area contributed by atoms with Crippen LogP contribution in [0.2, 0.25) is 0 Å². The van der Waals surface area contributed by atoms with Crippen LogP contribution in [0.4, 0.5) is 4.79 Å². The molecular weight excluding hydrogens is 522 g/mol. The first-order chi connectivity index (χ1) is 19.5. The van der Waals surface area contributed by atoms with Crippen molar-refractivity contribution in [2.75, 3.05) is 19.7 Å². The van der Waals surface area contributed by atoms with E-state index in [1.807, 2.05) is 29.2 Å². The summed E-state index contributed by atoms with van der Waals surface area (Å²) in [6.45, 7) is 6.88. The van der Waals surface area contributed by atoms with Gasteiger partial charge in [-0.25, -0.2) is 4.79 Å². The third-order valence-corrected chi connectivity index (χ3v) is 7.76. The summed E-state index contributed by atoms with van der Waals surface area (Å²) in [5, 5.41) is 29.4. The zero-order valence-electron chi connectivity index (χ0n) is 24.0. The number of nitrogens with zero attached hydrogens (tertiary/aromatic N) is 3. The summed E-state index contributed by atoms with van der Waals surface area (Å²) in [7, 11) is 0. The molecule has 11 nitrogen and oxygen atoms in total. The van der Waals surface area contributed by atoms with Crippen LogP contribution in [0.3, 0.4) is 0 Å². The average molecular weight is 564 g/mol. The maximum atomic E-state index is 12.7. The van der Waals surface area contributed by atoms with Crippen LogP contribution in [0.5, 0.6) is 5.75 Å². The van der Waals surface area contributed by atoms with Crippen molar-refractivity contribution in [1.82, 2.24) is 14.8 Å². The Balaban J connectivity index is 1.45. The molecule has 0 bridgehead atoms. The fraction of sp³-hybridized carbons (Fsp3) is 0.500. The minimum atomic E-state index is -0.586. The zero-order chi connectivity index (χ0) is 29.7. The fourth-order valence-electron chi connectivity index (χ4n) is 5.17. The minimum Gasteiger partial charge on any atom is -0.484 e. The number of likely N-dealkylation sites (tertiary alicyclic amines) is 1. The SMILES string of the molecule is CC(C)(C)C(=O)CC(N)=NC(=O)NC1CCC(Oc2ccc(=N)n(C(=N)N3CCC(CO)CC3)c2)c2ccccc21. The van der Waals surface area contributed by atoms with Gasteiger partial charge in [0.2, 0.25) is 5.96 Å². The van der Waals surface area contributed by atoms with Crippen molar-refractivity contribution in [3.8, 4) is 5.75 Å². The number of amidine groups is 1. The molecule has 220 valence electrons. The van der Waals surface area contributed by atoms with Gasteiger partial charge in [0.15, 0.2) is 0 Å². The normalized spacial score (nSPS) is 19.8. The van der Waals surface area contributed by atoms with E-state index in [1.165, 1.54) is 4.57 Å². The summed E-state index contributed by atoms with van der Waals surface area (Å²) in [5.74, 6) is 0.917. The van der Waals surface area contributed by atoms with Crippen LogP contribution in [-0.4, -0.2) is 57.9 Å². The number of amides is 2. The van der Waals surface area contributed by atoms with E-state index in [0.717, 1.165) is 24.0 Å². The molecule has 41 heavy (non-hydrogen) atoms. The smallest absolute Gasteiger partial charge is 0.343 e. The van der Waals surface area contributed by atoms with Crippen molar-refractivity contribution in [2.24, 2.45) is 22.1 Å². The van der Waals surface area contributed by atoms with Crippen molar-refractivity contribution in [2.45, 2.75) is 65.0 Å². The van der Waals surface area contributed by atoms with E-state index < -0.39 is 11.4 Å². The number of benzene rings is 1. The molecule has 0 saturated carbocycles. The number of nitrogens with one attached hydrogen (secondary N) is 3.